The fourth-order valence-corrected chi connectivity index (χ4v) is 2.44. The van der Waals surface area contributed by atoms with Gasteiger partial charge in [-0.3, -0.25) is 5.11 Å². The molecule has 6 heteroatoms. The summed E-state index contributed by atoms with van der Waals surface area (Å²) in [5, 5.41) is 10.9. The highest BCUT2D eigenvalue weighted by molar-refractivity contribution is 7.89. The van der Waals surface area contributed by atoms with Crippen molar-refractivity contribution < 1.29 is 13.5 Å². The minimum Gasteiger partial charge on any atom is -0.288 e. The number of rotatable bonds is 3. The van der Waals surface area contributed by atoms with Gasteiger partial charge in [0, 0.05) is 13.6 Å². The number of hydrogen-bond acceptors (Lipinski definition) is 2. The van der Waals surface area contributed by atoms with E-state index >= 15 is 0 Å². The smallest absolute Gasteiger partial charge is 0.242 e. The summed E-state index contributed by atoms with van der Waals surface area (Å²) in [5.41, 5.74) is 0. The third kappa shape index (κ3) is 2.42. The molecule has 0 aromatic heterocycles. The summed E-state index contributed by atoms with van der Waals surface area (Å²) in [5.74, 6) is -0.380. The molecule has 0 atom stereocenters. The van der Waals surface area contributed by atoms with Crippen molar-refractivity contribution in [2.75, 3.05) is 13.6 Å². The highest BCUT2D eigenvalue weighted by Crippen LogP contribution is 2.27. The van der Waals surface area contributed by atoms with Crippen LogP contribution in [0.1, 0.15) is 6.92 Å². The Kier molecular flexibility index (Phi) is 3.59. The monoisotopic (exact) mass is 248 g/mol. The van der Waals surface area contributed by atoms with Crippen LogP contribution in [0, 0.1) is 0 Å². The Morgan fingerprint density at radius 3 is 2.47 bits per heavy atom. The zero-order chi connectivity index (χ0) is 11.6. The summed E-state index contributed by atoms with van der Waals surface area (Å²) in [7, 11) is -2.05. The van der Waals surface area contributed by atoms with Gasteiger partial charge >= 0.3 is 0 Å². The second-order valence-electron chi connectivity index (χ2n) is 3.01. The maximum absolute atomic E-state index is 11.8. The molecule has 83 valence electrons. The molecule has 0 aliphatic rings. The van der Waals surface area contributed by atoms with Crippen LogP contribution in [0.4, 0.5) is 0 Å². The van der Waals surface area contributed by atoms with Crippen LogP contribution in [0.5, 0.6) is 5.75 Å². The average molecular weight is 249 g/mol. The standard InChI is InChI=1S/C9H11ClNO3S/c1-3-11(2)15(13,14)7-4-5-9(12)8(10)6-7/h4-6H,3H2,1-2H3. The van der Waals surface area contributed by atoms with Crippen LogP contribution in [0.25, 0.3) is 0 Å². The first kappa shape index (κ1) is 12.3. The van der Waals surface area contributed by atoms with Gasteiger partial charge in [-0.25, -0.2) is 12.7 Å². The van der Waals surface area contributed by atoms with E-state index in [2.05, 4.69) is 0 Å². The van der Waals surface area contributed by atoms with E-state index in [0.717, 1.165) is 6.07 Å². The molecule has 4 nitrogen and oxygen atoms in total. The topological polar surface area (TPSA) is 57.3 Å². The Morgan fingerprint density at radius 1 is 1.40 bits per heavy atom. The molecule has 0 unspecified atom stereocenters. The number of sulfonamides is 1. The van der Waals surface area contributed by atoms with Crippen molar-refractivity contribution >= 4 is 21.6 Å². The van der Waals surface area contributed by atoms with Gasteiger partial charge in [-0.05, 0) is 18.2 Å². The molecule has 0 N–H and O–H groups in total. The molecule has 0 bridgehead atoms. The van der Waals surface area contributed by atoms with E-state index in [-0.39, 0.29) is 15.7 Å². The van der Waals surface area contributed by atoms with E-state index in [1.54, 1.807) is 6.92 Å². The average Bonchev–Trinajstić information content (AvgIpc) is 2.20. The number of nitrogens with zero attached hydrogens (tertiary/aromatic N) is 1. The Balaban J connectivity index is 3.23. The minimum absolute atomic E-state index is 0.0384. The largest absolute Gasteiger partial charge is 0.288 e. The minimum atomic E-state index is -3.52. The second-order valence-corrected chi connectivity index (χ2v) is 5.46. The second kappa shape index (κ2) is 4.38. The molecule has 1 aromatic rings. The molecular formula is C9H11ClNO3S. The van der Waals surface area contributed by atoms with Crippen LogP contribution >= 0.6 is 11.6 Å². The van der Waals surface area contributed by atoms with Crippen LogP contribution in [-0.4, -0.2) is 26.3 Å². The lowest BCUT2D eigenvalue weighted by atomic mass is 10.3. The summed E-state index contributed by atoms with van der Waals surface area (Å²) < 4.78 is 24.8. The lowest BCUT2D eigenvalue weighted by molar-refractivity contribution is 0.355. The van der Waals surface area contributed by atoms with Crippen molar-refractivity contribution in [3.63, 3.8) is 0 Å². The van der Waals surface area contributed by atoms with Crippen LogP contribution in [0.3, 0.4) is 0 Å². The van der Waals surface area contributed by atoms with Crippen molar-refractivity contribution in [3.05, 3.63) is 23.2 Å². The Labute approximate surface area is 94.1 Å². The molecule has 0 saturated carbocycles. The van der Waals surface area contributed by atoms with Gasteiger partial charge in [0.15, 0.2) is 5.75 Å². The van der Waals surface area contributed by atoms with Gasteiger partial charge in [0.25, 0.3) is 0 Å². The SMILES string of the molecule is CCN(C)S(=O)(=O)c1ccc([O])c(Cl)c1. The van der Waals surface area contributed by atoms with Gasteiger partial charge in [-0.15, -0.1) is 0 Å². The molecule has 0 heterocycles. The predicted molar refractivity (Wildman–Crippen MR) is 57.1 cm³/mol. The lowest BCUT2D eigenvalue weighted by Crippen LogP contribution is -2.26. The van der Waals surface area contributed by atoms with Crippen molar-refractivity contribution in [3.8, 4) is 5.75 Å². The van der Waals surface area contributed by atoms with Crippen molar-refractivity contribution in [2.45, 2.75) is 11.8 Å². The lowest BCUT2D eigenvalue weighted by Gasteiger charge is -2.14. The van der Waals surface area contributed by atoms with E-state index in [4.69, 9.17) is 11.6 Å². The molecule has 1 rings (SSSR count). The summed E-state index contributed by atoms with van der Waals surface area (Å²) in [6.07, 6.45) is 0. The third-order valence-corrected chi connectivity index (χ3v) is 4.28. The van der Waals surface area contributed by atoms with Gasteiger partial charge < -0.3 is 0 Å². The van der Waals surface area contributed by atoms with E-state index in [1.165, 1.54) is 23.5 Å². The van der Waals surface area contributed by atoms with Crippen LogP contribution < -0.4 is 0 Å². The third-order valence-electron chi connectivity index (χ3n) is 2.06. The zero-order valence-electron chi connectivity index (χ0n) is 8.40. The molecule has 1 radical (unpaired) electrons. The molecule has 0 amide bonds. The first-order chi connectivity index (χ1) is 6.89. The highest BCUT2D eigenvalue weighted by Gasteiger charge is 2.20. The summed E-state index contributed by atoms with van der Waals surface area (Å²) in [6, 6.07) is 3.58. The Morgan fingerprint density at radius 2 is 2.00 bits per heavy atom. The number of hydrogen-bond donors (Lipinski definition) is 0. The van der Waals surface area contributed by atoms with Crippen molar-refractivity contribution in [1.29, 1.82) is 0 Å². The van der Waals surface area contributed by atoms with Gasteiger partial charge in [-0.2, -0.15) is 0 Å². The molecule has 1 aromatic carbocycles. The van der Waals surface area contributed by atoms with Crippen LogP contribution in [0.2, 0.25) is 5.02 Å². The first-order valence-electron chi connectivity index (χ1n) is 4.32. The molecule has 0 spiro atoms. The number of benzene rings is 1. The fourth-order valence-electron chi connectivity index (χ4n) is 0.992. The summed E-state index contributed by atoms with van der Waals surface area (Å²) in [6.45, 7) is 2.08. The summed E-state index contributed by atoms with van der Waals surface area (Å²) >= 11 is 5.57. The molecule has 15 heavy (non-hydrogen) atoms. The Hall–Kier alpha value is -0.780. The molecule has 0 saturated heterocycles. The quantitative estimate of drug-likeness (QED) is 0.823. The normalized spacial score (nSPS) is 12.0. The predicted octanol–water partition coefficient (Wildman–Crippen LogP) is 2.12. The summed E-state index contributed by atoms with van der Waals surface area (Å²) in [4.78, 5) is 0.0384. The van der Waals surface area contributed by atoms with E-state index in [9.17, 15) is 13.5 Å². The van der Waals surface area contributed by atoms with E-state index < -0.39 is 10.0 Å². The van der Waals surface area contributed by atoms with Gasteiger partial charge in [-0.1, -0.05) is 18.5 Å². The zero-order valence-corrected chi connectivity index (χ0v) is 9.97. The first-order valence-corrected chi connectivity index (χ1v) is 6.14. The molecule has 0 fully saturated rings. The van der Waals surface area contributed by atoms with Gasteiger partial charge in [0.2, 0.25) is 10.0 Å². The van der Waals surface area contributed by atoms with Crippen molar-refractivity contribution in [1.82, 2.24) is 4.31 Å². The maximum Gasteiger partial charge on any atom is 0.242 e. The maximum atomic E-state index is 11.8. The van der Waals surface area contributed by atoms with Crippen molar-refractivity contribution in [2.24, 2.45) is 0 Å². The number of halogens is 1. The van der Waals surface area contributed by atoms with E-state index in [0.29, 0.717) is 6.54 Å². The van der Waals surface area contributed by atoms with Gasteiger partial charge in [0.05, 0.1) is 9.92 Å². The van der Waals surface area contributed by atoms with Gasteiger partial charge in [0.1, 0.15) is 0 Å². The van der Waals surface area contributed by atoms with Crippen LogP contribution in [-0.2, 0) is 15.1 Å². The van der Waals surface area contributed by atoms with Crippen LogP contribution in [0.15, 0.2) is 23.1 Å². The van der Waals surface area contributed by atoms with E-state index in [1.807, 2.05) is 0 Å². The fraction of sp³-hybridized carbons (Fsp3) is 0.333. The Bertz CT molecular complexity index is 458. The molecule has 0 aliphatic heterocycles. The molecular weight excluding hydrogens is 238 g/mol. The molecule has 0 aliphatic carbocycles. The highest BCUT2D eigenvalue weighted by atomic mass is 35.5.